The van der Waals surface area contributed by atoms with Crippen molar-refractivity contribution in [1.29, 1.82) is 0 Å². The fourth-order valence-corrected chi connectivity index (χ4v) is 4.50. The SMILES string of the molecule is Cc1ccc(CN2CCC3(C2)Cn2c(nn(C)c(=O)c2=O)CO3)s1.O=C(O)C(F)(F)F. The second kappa shape index (κ2) is 8.55. The maximum absolute atomic E-state index is 12.3. The fraction of sp³-hybridized carbons (Fsp3) is 0.556. The number of carboxylic acid groups (broad SMARTS) is 1. The number of likely N-dealkylation sites (tertiary alicyclic amines) is 1. The van der Waals surface area contributed by atoms with E-state index in [2.05, 4.69) is 29.1 Å². The molecule has 1 unspecified atom stereocenters. The molecule has 2 aliphatic rings. The molecular weight excluding hydrogens is 441 g/mol. The largest absolute Gasteiger partial charge is 0.490 e. The number of fused-ring (bicyclic) bond motifs is 1. The van der Waals surface area contributed by atoms with Crippen LogP contribution in [0.4, 0.5) is 13.2 Å². The Morgan fingerprint density at radius 2 is 1.97 bits per heavy atom. The standard InChI is InChI=1S/C16H20N4O3S.C2HF3O2/c1-11-3-4-12(24-11)7-19-6-5-16(9-19)10-20-13(8-23-16)17-18(2)14(21)15(20)22;3-2(4,5)1(6)7/h3-4H,5-10H2,1-2H3;(H,6,7). The van der Waals surface area contributed by atoms with Crippen molar-refractivity contribution in [2.24, 2.45) is 7.05 Å². The van der Waals surface area contributed by atoms with Crippen molar-refractivity contribution in [3.63, 3.8) is 0 Å². The number of aromatic nitrogens is 3. The van der Waals surface area contributed by atoms with Gasteiger partial charge < -0.3 is 9.84 Å². The zero-order valence-corrected chi connectivity index (χ0v) is 17.6. The second-order valence-electron chi connectivity index (χ2n) is 7.48. The molecule has 2 aliphatic heterocycles. The summed E-state index contributed by atoms with van der Waals surface area (Å²) in [5.41, 5.74) is -1.48. The highest BCUT2D eigenvalue weighted by Crippen LogP contribution is 2.32. The number of ether oxygens (including phenoxy) is 1. The minimum atomic E-state index is -5.08. The number of nitrogens with zero attached hydrogens (tertiary/aromatic N) is 4. The Bertz CT molecular complexity index is 1090. The minimum absolute atomic E-state index is 0.273. The molecule has 0 saturated carbocycles. The third-order valence-corrected chi connectivity index (χ3v) is 6.05. The molecule has 1 N–H and O–H groups in total. The number of aryl methyl sites for hydroxylation is 2. The first-order valence-electron chi connectivity index (χ1n) is 9.29. The highest BCUT2D eigenvalue weighted by Gasteiger charge is 2.43. The monoisotopic (exact) mass is 462 g/mol. The summed E-state index contributed by atoms with van der Waals surface area (Å²) in [7, 11) is 1.50. The lowest BCUT2D eigenvalue weighted by atomic mass is 10.0. The highest BCUT2D eigenvalue weighted by atomic mass is 32.1. The van der Waals surface area contributed by atoms with Crippen molar-refractivity contribution in [1.82, 2.24) is 19.2 Å². The Labute approximate surface area is 178 Å². The van der Waals surface area contributed by atoms with Gasteiger partial charge in [-0.05, 0) is 25.5 Å². The van der Waals surface area contributed by atoms with Gasteiger partial charge in [-0.15, -0.1) is 11.3 Å². The first-order valence-corrected chi connectivity index (χ1v) is 10.1. The van der Waals surface area contributed by atoms with Crippen molar-refractivity contribution in [2.45, 2.75) is 44.8 Å². The molecule has 0 aromatic carbocycles. The van der Waals surface area contributed by atoms with Gasteiger partial charge in [-0.1, -0.05) is 0 Å². The molecule has 0 amide bonds. The maximum Gasteiger partial charge on any atom is 0.490 e. The molecule has 4 rings (SSSR count). The Morgan fingerprint density at radius 1 is 1.29 bits per heavy atom. The number of hydrogen-bond acceptors (Lipinski definition) is 7. The number of carboxylic acids is 1. The molecule has 2 aromatic rings. The van der Waals surface area contributed by atoms with Crippen LogP contribution in [0.5, 0.6) is 0 Å². The van der Waals surface area contributed by atoms with Crippen LogP contribution in [0.2, 0.25) is 0 Å². The van der Waals surface area contributed by atoms with E-state index in [0.29, 0.717) is 12.4 Å². The van der Waals surface area contributed by atoms with Gasteiger partial charge in [-0.25, -0.2) is 9.48 Å². The third-order valence-electron chi connectivity index (χ3n) is 5.07. The molecule has 1 saturated heterocycles. The van der Waals surface area contributed by atoms with Gasteiger partial charge in [0.25, 0.3) is 0 Å². The lowest BCUT2D eigenvalue weighted by Crippen LogP contribution is -2.52. The molecule has 9 nitrogen and oxygen atoms in total. The van der Waals surface area contributed by atoms with Gasteiger partial charge in [0.2, 0.25) is 0 Å². The highest BCUT2D eigenvalue weighted by molar-refractivity contribution is 7.11. The van der Waals surface area contributed by atoms with Crippen molar-refractivity contribution < 1.29 is 27.8 Å². The summed E-state index contributed by atoms with van der Waals surface area (Å²) in [5.74, 6) is -2.23. The number of thiophene rings is 1. The zero-order chi connectivity index (χ0) is 23.0. The predicted molar refractivity (Wildman–Crippen MR) is 104 cm³/mol. The van der Waals surface area contributed by atoms with E-state index in [1.54, 1.807) is 0 Å². The average molecular weight is 462 g/mol. The van der Waals surface area contributed by atoms with Gasteiger partial charge in [0.15, 0.2) is 5.82 Å². The van der Waals surface area contributed by atoms with Crippen molar-refractivity contribution in [3.8, 4) is 0 Å². The molecule has 0 radical (unpaired) electrons. The van der Waals surface area contributed by atoms with E-state index in [-0.39, 0.29) is 6.61 Å². The summed E-state index contributed by atoms with van der Waals surface area (Å²) in [6.07, 6.45) is -4.22. The summed E-state index contributed by atoms with van der Waals surface area (Å²) >= 11 is 1.81. The fourth-order valence-electron chi connectivity index (χ4n) is 3.56. The van der Waals surface area contributed by atoms with Crippen LogP contribution in [0, 0.1) is 6.92 Å². The van der Waals surface area contributed by atoms with Crippen LogP contribution in [0.25, 0.3) is 0 Å². The number of hydrogen-bond donors (Lipinski definition) is 1. The summed E-state index contributed by atoms with van der Waals surface area (Å²) < 4.78 is 40.4. The first-order chi connectivity index (χ1) is 14.4. The molecule has 31 heavy (non-hydrogen) atoms. The molecule has 0 bridgehead atoms. The lowest BCUT2D eigenvalue weighted by Gasteiger charge is -2.35. The quantitative estimate of drug-likeness (QED) is 0.667. The van der Waals surface area contributed by atoms with Crippen molar-refractivity contribution in [2.75, 3.05) is 13.1 Å². The third kappa shape index (κ3) is 5.22. The van der Waals surface area contributed by atoms with E-state index in [9.17, 15) is 22.8 Å². The van der Waals surface area contributed by atoms with E-state index in [1.807, 2.05) is 11.3 Å². The van der Waals surface area contributed by atoms with Crippen LogP contribution in [0.1, 0.15) is 22.0 Å². The molecule has 1 atom stereocenters. The topological polar surface area (TPSA) is 107 Å². The van der Waals surface area contributed by atoms with E-state index in [4.69, 9.17) is 14.6 Å². The molecule has 0 aliphatic carbocycles. The van der Waals surface area contributed by atoms with E-state index >= 15 is 0 Å². The van der Waals surface area contributed by atoms with Gasteiger partial charge in [0, 0.05) is 36.4 Å². The van der Waals surface area contributed by atoms with Gasteiger partial charge in [-0.2, -0.15) is 18.3 Å². The molecule has 13 heteroatoms. The van der Waals surface area contributed by atoms with Crippen LogP contribution >= 0.6 is 11.3 Å². The lowest BCUT2D eigenvalue weighted by molar-refractivity contribution is -0.192. The average Bonchev–Trinajstić information content (AvgIpc) is 3.27. The van der Waals surface area contributed by atoms with Gasteiger partial charge >= 0.3 is 23.3 Å². The maximum atomic E-state index is 12.3. The Morgan fingerprint density at radius 3 is 2.55 bits per heavy atom. The number of halogens is 3. The molecule has 1 fully saturated rings. The van der Waals surface area contributed by atoms with Crippen LogP contribution in [0.15, 0.2) is 21.7 Å². The number of carbonyl (C=O) groups is 1. The van der Waals surface area contributed by atoms with E-state index in [0.717, 1.165) is 30.7 Å². The van der Waals surface area contributed by atoms with Crippen molar-refractivity contribution >= 4 is 17.3 Å². The summed E-state index contributed by atoms with van der Waals surface area (Å²) in [6.45, 7) is 5.39. The van der Waals surface area contributed by atoms with Gasteiger partial charge in [-0.3, -0.25) is 19.1 Å². The molecule has 4 heterocycles. The number of alkyl halides is 3. The summed E-state index contributed by atoms with van der Waals surface area (Å²) in [4.78, 5) is 38.0. The summed E-state index contributed by atoms with van der Waals surface area (Å²) in [6, 6.07) is 4.31. The van der Waals surface area contributed by atoms with Crippen LogP contribution in [-0.4, -0.2) is 55.2 Å². The normalized spacial score (nSPS) is 20.9. The van der Waals surface area contributed by atoms with Crippen molar-refractivity contribution in [3.05, 3.63) is 48.4 Å². The second-order valence-corrected chi connectivity index (χ2v) is 8.86. The smallest absolute Gasteiger partial charge is 0.475 e. The number of rotatable bonds is 2. The molecule has 170 valence electrons. The number of aliphatic carboxylic acids is 1. The van der Waals surface area contributed by atoms with Crippen LogP contribution in [-0.2, 0) is 36.3 Å². The molecule has 1 spiro atoms. The Hall–Kier alpha value is -2.51. The van der Waals surface area contributed by atoms with Gasteiger partial charge in [0.05, 0.1) is 6.54 Å². The Kier molecular flexibility index (Phi) is 6.39. The predicted octanol–water partition coefficient (Wildman–Crippen LogP) is 1.12. The Balaban J connectivity index is 0.000000339. The minimum Gasteiger partial charge on any atom is -0.475 e. The zero-order valence-electron chi connectivity index (χ0n) is 16.8. The van der Waals surface area contributed by atoms with E-state index in [1.165, 1.54) is 21.4 Å². The molecule has 2 aromatic heterocycles. The first kappa shape index (κ1) is 23.2. The summed E-state index contributed by atoms with van der Waals surface area (Å²) in [5, 5.41) is 11.3. The van der Waals surface area contributed by atoms with Crippen LogP contribution < -0.4 is 11.1 Å². The van der Waals surface area contributed by atoms with Crippen LogP contribution in [0.3, 0.4) is 0 Å². The molecular formula is C18H21F3N4O5S. The van der Waals surface area contributed by atoms with E-state index < -0.39 is 28.9 Å². The van der Waals surface area contributed by atoms with Gasteiger partial charge in [0.1, 0.15) is 12.2 Å².